The molecule has 0 aliphatic rings. The molecule has 2 N–H and O–H groups in total. The zero-order valence-electron chi connectivity index (χ0n) is 13.4. The molecule has 3 aromatic rings. The van der Waals surface area contributed by atoms with Crippen LogP contribution in [0.4, 0.5) is 0 Å². The molecule has 0 radical (unpaired) electrons. The average molecular weight is 325 g/mol. The lowest BCUT2D eigenvalue weighted by molar-refractivity contribution is 0.0690. The van der Waals surface area contributed by atoms with Crippen molar-refractivity contribution >= 4 is 16.9 Å². The van der Waals surface area contributed by atoms with E-state index in [0.717, 1.165) is 22.0 Å². The van der Waals surface area contributed by atoms with Gasteiger partial charge in [0.1, 0.15) is 18.1 Å². The molecule has 0 amide bonds. The number of carbonyl (C=O) groups is 1. The van der Waals surface area contributed by atoms with Gasteiger partial charge in [-0.3, -0.25) is 0 Å². The van der Waals surface area contributed by atoms with Crippen molar-refractivity contribution in [1.29, 1.82) is 0 Å². The number of H-pyrrole nitrogens is 1. The number of aromatic amines is 1. The van der Waals surface area contributed by atoms with Crippen LogP contribution in [0.2, 0.25) is 0 Å². The smallest absolute Gasteiger partial charge is 0.352 e. The van der Waals surface area contributed by atoms with Crippen molar-refractivity contribution in [3.63, 3.8) is 0 Å². The monoisotopic (exact) mass is 325 g/mol. The number of aromatic carboxylic acids is 1. The zero-order chi connectivity index (χ0) is 16.9. The second-order valence-electron chi connectivity index (χ2n) is 5.47. The second-order valence-corrected chi connectivity index (χ2v) is 5.47. The zero-order valence-corrected chi connectivity index (χ0v) is 13.4. The first-order chi connectivity index (χ1) is 11.7. The molecule has 2 aromatic carbocycles. The van der Waals surface area contributed by atoms with Crippen LogP contribution in [0.5, 0.6) is 5.75 Å². The van der Waals surface area contributed by atoms with Gasteiger partial charge in [0.25, 0.3) is 0 Å². The molecule has 0 aliphatic carbocycles. The van der Waals surface area contributed by atoms with E-state index < -0.39 is 5.97 Å². The first-order valence-electron chi connectivity index (χ1n) is 7.73. The summed E-state index contributed by atoms with van der Waals surface area (Å²) in [6.07, 6.45) is 0.521. The third-order valence-corrected chi connectivity index (χ3v) is 3.87. The summed E-state index contributed by atoms with van der Waals surface area (Å²) in [6, 6.07) is 15.4. The Hall–Kier alpha value is -2.79. The predicted octanol–water partition coefficient (Wildman–Crippen LogP) is 3.48. The molecule has 1 heterocycles. The minimum atomic E-state index is -0.972. The Morgan fingerprint density at radius 3 is 2.58 bits per heavy atom. The second kappa shape index (κ2) is 7.19. The van der Waals surface area contributed by atoms with E-state index in [1.807, 2.05) is 48.5 Å². The molecule has 0 unspecified atom stereocenters. The average Bonchev–Trinajstić information content (AvgIpc) is 2.96. The van der Waals surface area contributed by atoms with Gasteiger partial charge in [-0.15, -0.1) is 0 Å². The van der Waals surface area contributed by atoms with Crippen LogP contribution in [-0.2, 0) is 11.2 Å². The molecule has 124 valence electrons. The Balaban J connectivity index is 2.09. The van der Waals surface area contributed by atoms with Gasteiger partial charge < -0.3 is 19.6 Å². The third-order valence-electron chi connectivity index (χ3n) is 3.87. The number of benzene rings is 2. The van der Waals surface area contributed by atoms with Gasteiger partial charge in [-0.2, -0.15) is 0 Å². The molecular formula is C19H19NO4. The maximum absolute atomic E-state index is 11.7. The number of rotatable bonds is 7. The van der Waals surface area contributed by atoms with Crippen molar-refractivity contribution < 1.29 is 19.4 Å². The number of ether oxygens (including phenoxy) is 2. The van der Waals surface area contributed by atoms with Crippen molar-refractivity contribution in [3.8, 4) is 5.75 Å². The highest BCUT2D eigenvalue weighted by Gasteiger charge is 2.20. The van der Waals surface area contributed by atoms with Crippen molar-refractivity contribution in [1.82, 2.24) is 4.98 Å². The van der Waals surface area contributed by atoms with Crippen LogP contribution in [0, 0.1) is 0 Å². The SMILES string of the molecule is COCCOc1cccc2[nH]c(C(=O)O)c(Cc3ccccc3)c12. The molecule has 5 nitrogen and oxygen atoms in total. The van der Waals surface area contributed by atoms with E-state index in [2.05, 4.69) is 4.98 Å². The standard InChI is InChI=1S/C19H19NO4/c1-23-10-11-24-16-9-5-8-15-17(16)14(18(20-15)19(21)22)12-13-6-3-2-4-7-13/h2-9,20H,10-12H2,1H3,(H,21,22). The number of methoxy groups -OCH3 is 1. The summed E-state index contributed by atoms with van der Waals surface area (Å²) in [6.45, 7) is 0.884. The fraction of sp³-hybridized carbons (Fsp3) is 0.211. The molecule has 0 spiro atoms. The van der Waals surface area contributed by atoms with Crippen LogP contribution >= 0.6 is 0 Å². The normalized spacial score (nSPS) is 10.9. The van der Waals surface area contributed by atoms with E-state index in [9.17, 15) is 9.90 Å². The highest BCUT2D eigenvalue weighted by Crippen LogP contribution is 2.33. The fourth-order valence-electron chi connectivity index (χ4n) is 2.80. The van der Waals surface area contributed by atoms with Gasteiger partial charge in [-0.05, 0) is 17.7 Å². The van der Waals surface area contributed by atoms with Gasteiger partial charge >= 0.3 is 5.97 Å². The van der Waals surface area contributed by atoms with E-state index in [1.54, 1.807) is 7.11 Å². The number of carboxylic acids is 1. The van der Waals surface area contributed by atoms with E-state index in [4.69, 9.17) is 9.47 Å². The Bertz CT molecular complexity index is 839. The van der Waals surface area contributed by atoms with Gasteiger partial charge in [-0.25, -0.2) is 4.79 Å². The summed E-state index contributed by atoms with van der Waals surface area (Å²) in [4.78, 5) is 14.7. The van der Waals surface area contributed by atoms with Crippen LogP contribution in [0.15, 0.2) is 48.5 Å². The van der Waals surface area contributed by atoms with Crippen LogP contribution in [-0.4, -0.2) is 36.4 Å². The van der Waals surface area contributed by atoms with E-state index in [1.165, 1.54) is 0 Å². The van der Waals surface area contributed by atoms with Gasteiger partial charge in [0.15, 0.2) is 0 Å². The van der Waals surface area contributed by atoms with Gasteiger partial charge in [0, 0.05) is 24.5 Å². The number of hydrogen-bond acceptors (Lipinski definition) is 3. The van der Waals surface area contributed by atoms with Crippen molar-refractivity contribution in [2.75, 3.05) is 20.3 Å². The minimum Gasteiger partial charge on any atom is -0.490 e. The molecule has 5 heteroatoms. The van der Waals surface area contributed by atoms with E-state index in [0.29, 0.717) is 25.4 Å². The molecule has 0 atom stereocenters. The molecule has 1 aromatic heterocycles. The Morgan fingerprint density at radius 2 is 1.88 bits per heavy atom. The van der Waals surface area contributed by atoms with Crippen molar-refractivity contribution in [2.24, 2.45) is 0 Å². The lowest BCUT2D eigenvalue weighted by atomic mass is 10.0. The molecular weight excluding hydrogens is 306 g/mol. The number of aromatic nitrogens is 1. The maximum atomic E-state index is 11.7. The summed E-state index contributed by atoms with van der Waals surface area (Å²) < 4.78 is 10.8. The lowest BCUT2D eigenvalue weighted by Crippen LogP contribution is -2.05. The highest BCUT2D eigenvalue weighted by molar-refractivity contribution is 6.00. The molecule has 0 saturated heterocycles. The fourth-order valence-corrected chi connectivity index (χ4v) is 2.80. The summed E-state index contributed by atoms with van der Waals surface area (Å²) in [5.41, 5.74) is 2.74. The summed E-state index contributed by atoms with van der Waals surface area (Å²) in [5.74, 6) is -0.306. The number of fused-ring (bicyclic) bond motifs is 1. The highest BCUT2D eigenvalue weighted by atomic mass is 16.5. The first-order valence-corrected chi connectivity index (χ1v) is 7.73. The van der Waals surface area contributed by atoms with E-state index in [-0.39, 0.29) is 5.69 Å². The molecule has 0 saturated carbocycles. The Labute approximate surface area is 139 Å². The molecule has 0 fully saturated rings. The van der Waals surface area contributed by atoms with Crippen molar-refractivity contribution in [3.05, 3.63) is 65.4 Å². The number of nitrogens with one attached hydrogen (secondary N) is 1. The molecule has 24 heavy (non-hydrogen) atoms. The topological polar surface area (TPSA) is 71.5 Å². The number of hydrogen-bond donors (Lipinski definition) is 2. The largest absolute Gasteiger partial charge is 0.490 e. The van der Waals surface area contributed by atoms with Crippen LogP contribution in [0.3, 0.4) is 0 Å². The summed E-state index contributed by atoms with van der Waals surface area (Å²) in [7, 11) is 1.61. The van der Waals surface area contributed by atoms with Crippen LogP contribution in [0.25, 0.3) is 10.9 Å². The Kier molecular flexibility index (Phi) is 4.82. The Morgan fingerprint density at radius 1 is 1.08 bits per heavy atom. The molecule has 3 rings (SSSR count). The van der Waals surface area contributed by atoms with E-state index >= 15 is 0 Å². The summed E-state index contributed by atoms with van der Waals surface area (Å²) >= 11 is 0. The minimum absolute atomic E-state index is 0.205. The van der Waals surface area contributed by atoms with Crippen LogP contribution in [0.1, 0.15) is 21.6 Å². The quantitative estimate of drug-likeness (QED) is 0.652. The maximum Gasteiger partial charge on any atom is 0.352 e. The van der Waals surface area contributed by atoms with Gasteiger partial charge in [0.2, 0.25) is 0 Å². The third kappa shape index (κ3) is 3.26. The van der Waals surface area contributed by atoms with Crippen LogP contribution < -0.4 is 4.74 Å². The predicted molar refractivity (Wildman–Crippen MR) is 91.9 cm³/mol. The number of carboxylic acid groups (broad SMARTS) is 1. The molecule has 0 bridgehead atoms. The van der Waals surface area contributed by atoms with Crippen molar-refractivity contribution in [2.45, 2.75) is 6.42 Å². The molecule has 0 aliphatic heterocycles. The summed E-state index contributed by atoms with van der Waals surface area (Å²) in [5, 5.41) is 10.4. The first kappa shape index (κ1) is 16.1. The lowest BCUT2D eigenvalue weighted by Gasteiger charge is -2.09. The van der Waals surface area contributed by atoms with Gasteiger partial charge in [-0.1, -0.05) is 36.4 Å². The van der Waals surface area contributed by atoms with Gasteiger partial charge in [0.05, 0.1) is 12.1 Å².